The second kappa shape index (κ2) is 3.59. The number of halogens is 4. The summed E-state index contributed by atoms with van der Waals surface area (Å²) >= 11 is 5.67. The van der Waals surface area contributed by atoms with Crippen molar-refractivity contribution in [3.8, 4) is 0 Å². The van der Waals surface area contributed by atoms with Crippen LogP contribution in [0.2, 0.25) is 5.02 Å². The molecule has 1 fully saturated rings. The van der Waals surface area contributed by atoms with Gasteiger partial charge >= 0.3 is 6.30 Å². The van der Waals surface area contributed by atoms with E-state index in [2.05, 4.69) is 0 Å². The molecule has 15 heavy (non-hydrogen) atoms. The molecular weight excluding hydrogens is 227 g/mol. The fourth-order valence-corrected chi connectivity index (χ4v) is 1.71. The minimum Gasteiger partial charge on any atom is -0.281 e. The van der Waals surface area contributed by atoms with Crippen molar-refractivity contribution in [1.29, 1.82) is 0 Å². The van der Waals surface area contributed by atoms with Gasteiger partial charge in [0.05, 0.1) is 0 Å². The van der Waals surface area contributed by atoms with Crippen molar-refractivity contribution in [2.75, 3.05) is 4.90 Å². The molecule has 0 unspecified atom stereocenters. The van der Waals surface area contributed by atoms with Crippen LogP contribution in [0.5, 0.6) is 0 Å². The Kier molecular flexibility index (Phi) is 2.54. The molecule has 0 aliphatic heterocycles. The van der Waals surface area contributed by atoms with Crippen molar-refractivity contribution in [2.24, 2.45) is 0 Å². The van der Waals surface area contributed by atoms with Gasteiger partial charge in [0, 0.05) is 16.8 Å². The summed E-state index contributed by atoms with van der Waals surface area (Å²) in [6.07, 6.45) is -3.15. The topological polar surface area (TPSA) is 3.24 Å². The van der Waals surface area contributed by atoms with Crippen molar-refractivity contribution in [3.63, 3.8) is 0 Å². The number of nitrogens with zero attached hydrogens (tertiary/aromatic N) is 1. The summed E-state index contributed by atoms with van der Waals surface area (Å²) in [5.74, 6) is 0. The van der Waals surface area contributed by atoms with Crippen LogP contribution < -0.4 is 4.90 Å². The van der Waals surface area contributed by atoms with Crippen molar-refractivity contribution < 1.29 is 13.2 Å². The Hall–Kier alpha value is -0.900. The molecule has 0 amide bonds. The van der Waals surface area contributed by atoms with Gasteiger partial charge in [0.2, 0.25) is 0 Å². The van der Waals surface area contributed by atoms with Gasteiger partial charge in [0.15, 0.2) is 0 Å². The molecule has 82 valence electrons. The highest BCUT2D eigenvalue weighted by atomic mass is 35.5. The molecule has 1 aromatic rings. The van der Waals surface area contributed by atoms with Crippen LogP contribution in [-0.2, 0) is 0 Å². The fraction of sp³-hybridized carbons (Fsp3) is 0.400. The van der Waals surface area contributed by atoms with Gasteiger partial charge in [-0.15, -0.1) is 0 Å². The lowest BCUT2D eigenvalue weighted by atomic mass is 10.3. The largest absolute Gasteiger partial charge is 0.485 e. The van der Waals surface area contributed by atoms with E-state index in [0.717, 1.165) is 0 Å². The van der Waals surface area contributed by atoms with Crippen LogP contribution in [-0.4, -0.2) is 12.3 Å². The molecule has 0 radical (unpaired) electrons. The van der Waals surface area contributed by atoms with Crippen molar-refractivity contribution in [1.82, 2.24) is 0 Å². The van der Waals surface area contributed by atoms with Crippen molar-refractivity contribution in [3.05, 3.63) is 29.3 Å². The monoisotopic (exact) mass is 235 g/mol. The number of anilines is 1. The maximum absolute atomic E-state index is 12.7. The summed E-state index contributed by atoms with van der Waals surface area (Å²) in [5, 5.41) is 0.322. The number of hydrogen-bond donors (Lipinski definition) is 0. The highest BCUT2D eigenvalue weighted by Gasteiger charge is 2.46. The van der Waals surface area contributed by atoms with Crippen molar-refractivity contribution in [2.45, 2.75) is 25.2 Å². The third-order valence-electron chi connectivity index (χ3n) is 2.27. The van der Waals surface area contributed by atoms with Crippen LogP contribution in [0, 0.1) is 0 Å². The van der Waals surface area contributed by atoms with E-state index < -0.39 is 12.3 Å². The molecule has 1 saturated carbocycles. The highest BCUT2D eigenvalue weighted by Crippen LogP contribution is 2.40. The number of rotatable bonds is 2. The summed E-state index contributed by atoms with van der Waals surface area (Å²) < 4.78 is 38.1. The van der Waals surface area contributed by atoms with Crippen LogP contribution in [0.15, 0.2) is 24.3 Å². The Morgan fingerprint density at radius 2 is 1.93 bits per heavy atom. The first-order valence-electron chi connectivity index (χ1n) is 4.60. The Morgan fingerprint density at radius 1 is 1.27 bits per heavy atom. The van der Waals surface area contributed by atoms with Crippen LogP contribution in [0.3, 0.4) is 0 Å². The average Bonchev–Trinajstić information content (AvgIpc) is 2.86. The molecule has 1 nitrogen and oxygen atoms in total. The summed E-state index contributed by atoms with van der Waals surface area (Å²) in [5.41, 5.74) is 0.123. The summed E-state index contributed by atoms with van der Waals surface area (Å²) in [6.45, 7) is 0. The first kappa shape index (κ1) is 10.6. The molecule has 0 N–H and O–H groups in total. The molecule has 1 aromatic carbocycles. The summed E-state index contributed by atoms with van der Waals surface area (Å²) in [4.78, 5) is 0.485. The van der Waals surface area contributed by atoms with E-state index in [1.807, 2.05) is 0 Å². The Bertz CT molecular complexity index is 360. The van der Waals surface area contributed by atoms with Crippen LogP contribution >= 0.6 is 11.6 Å². The zero-order chi connectivity index (χ0) is 11.1. The van der Waals surface area contributed by atoms with Gasteiger partial charge in [0.1, 0.15) is 0 Å². The number of hydrogen-bond acceptors (Lipinski definition) is 1. The van der Waals surface area contributed by atoms with Gasteiger partial charge in [-0.05, 0) is 31.0 Å². The summed E-state index contributed by atoms with van der Waals surface area (Å²) in [6, 6.07) is 5.44. The first-order chi connectivity index (χ1) is 6.98. The fourth-order valence-electron chi connectivity index (χ4n) is 1.52. The van der Waals surface area contributed by atoms with Gasteiger partial charge in [-0.3, -0.25) is 4.90 Å². The van der Waals surface area contributed by atoms with E-state index in [1.165, 1.54) is 18.2 Å². The van der Waals surface area contributed by atoms with Crippen molar-refractivity contribution >= 4 is 17.3 Å². The lowest BCUT2D eigenvalue weighted by molar-refractivity contribution is -0.130. The minimum absolute atomic E-state index is 0.123. The predicted octanol–water partition coefficient (Wildman–Crippen LogP) is 3.83. The Balaban J connectivity index is 2.32. The molecule has 0 spiro atoms. The van der Waals surface area contributed by atoms with Crippen LogP contribution in [0.25, 0.3) is 0 Å². The third-order valence-corrected chi connectivity index (χ3v) is 2.51. The molecule has 0 heterocycles. The van der Waals surface area contributed by atoms with Gasteiger partial charge in [-0.1, -0.05) is 17.7 Å². The molecule has 2 rings (SSSR count). The molecule has 1 aliphatic carbocycles. The van der Waals surface area contributed by atoms with Crippen LogP contribution in [0.1, 0.15) is 12.8 Å². The zero-order valence-corrected chi connectivity index (χ0v) is 8.52. The third kappa shape index (κ3) is 2.37. The van der Waals surface area contributed by atoms with Gasteiger partial charge < -0.3 is 0 Å². The zero-order valence-electron chi connectivity index (χ0n) is 7.76. The molecule has 0 bridgehead atoms. The highest BCUT2D eigenvalue weighted by molar-refractivity contribution is 6.30. The van der Waals surface area contributed by atoms with Gasteiger partial charge in [-0.25, -0.2) is 0 Å². The minimum atomic E-state index is -4.33. The standard InChI is InChI=1S/C10H9ClF3N/c11-7-2-1-3-9(6-7)15(8-4-5-8)10(12,13)14/h1-3,6,8H,4-5H2. The van der Waals surface area contributed by atoms with Crippen LogP contribution in [0.4, 0.5) is 18.9 Å². The second-order valence-electron chi connectivity index (χ2n) is 3.55. The van der Waals surface area contributed by atoms with E-state index in [-0.39, 0.29) is 5.69 Å². The number of alkyl halides is 3. The SMILES string of the molecule is FC(F)(F)N(c1cccc(Cl)c1)C1CC1. The van der Waals surface area contributed by atoms with E-state index in [0.29, 0.717) is 22.8 Å². The molecular formula is C10H9ClF3N. The normalized spacial score (nSPS) is 16.5. The molecule has 0 atom stereocenters. The number of benzene rings is 1. The van der Waals surface area contributed by atoms with E-state index in [4.69, 9.17) is 11.6 Å². The second-order valence-corrected chi connectivity index (χ2v) is 3.99. The van der Waals surface area contributed by atoms with E-state index in [9.17, 15) is 13.2 Å². The maximum Gasteiger partial charge on any atom is 0.485 e. The maximum atomic E-state index is 12.7. The first-order valence-corrected chi connectivity index (χ1v) is 4.98. The smallest absolute Gasteiger partial charge is 0.281 e. The average molecular weight is 236 g/mol. The summed E-state index contributed by atoms with van der Waals surface area (Å²) in [7, 11) is 0. The molecule has 0 saturated heterocycles. The van der Waals surface area contributed by atoms with E-state index in [1.54, 1.807) is 6.07 Å². The molecule has 0 aromatic heterocycles. The lowest BCUT2D eigenvalue weighted by Crippen LogP contribution is -2.39. The predicted molar refractivity (Wildman–Crippen MR) is 53.0 cm³/mol. The molecule has 1 aliphatic rings. The molecule has 5 heteroatoms. The van der Waals surface area contributed by atoms with Gasteiger partial charge in [0.25, 0.3) is 0 Å². The lowest BCUT2D eigenvalue weighted by Gasteiger charge is -2.26. The van der Waals surface area contributed by atoms with Gasteiger partial charge in [-0.2, -0.15) is 13.2 Å². The van der Waals surface area contributed by atoms with E-state index >= 15 is 0 Å². The quantitative estimate of drug-likeness (QED) is 0.705. The Labute approximate surface area is 90.4 Å². The Morgan fingerprint density at radius 3 is 2.40 bits per heavy atom.